The predicted molar refractivity (Wildman–Crippen MR) is 91.0 cm³/mol. The molecule has 0 radical (unpaired) electrons. The van der Waals surface area contributed by atoms with Crippen molar-refractivity contribution in [3.05, 3.63) is 0 Å². The molecule has 1 atom stereocenters. The van der Waals surface area contributed by atoms with Gasteiger partial charge < -0.3 is 15.1 Å². The van der Waals surface area contributed by atoms with Gasteiger partial charge in [0.05, 0.1) is 13.1 Å². The molecule has 1 fully saturated rings. The Bertz CT molecular complexity index is 329. The quantitative estimate of drug-likeness (QED) is 0.578. The summed E-state index contributed by atoms with van der Waals surface area (Å²) < 4.78 is 0. The van der Waals surface area contributed by atoms with Crippen LogP contribution in [0.5, 0.6) is 0 Å². The van der Waals surface area contributed by atoms with E-state index in [1.807, 2.05) is 23.6 Å². The molecule has 8 nitrogen and oxygen atoms in total. The highest BCUT2D eigenvalue weighted by molar-refractivity contribution is 7.50. The minimum atomic E-state index is -1.06. The first kappa shape index (κ1) is 22.2. The lowest BCUT2D eigenvalue weighted by Crippen LogP contribution is -2.40. The molecular formula is C14H30N3O5P. The van der Waals surface area contributed by atoms with E-state index in [4.69, 9.17) is 10.2 Å². The summed E-state index contributed by atoms with van der Waals surface area (Å²) in [4.78, 5) is 37.0. The van der Waals surface area contributed by atoms with Crippen molar-refractivity contribution in [2.75, 3.05) is 65.3 Å². The fourth-order valence-corrected chi connectivity index (χ4v) is 3.18. The van der Waals surface area contributed by atoms with E-state index in [2.05, 4.69) is 4.90 Å². The van der Waals surface area contributed by atoms with Crippen LogP contribution in [0.1, 0.15) is 13.8 Å². The van der Waals surface area contributed by atoms with Crippen molar-refractivity contribution >= 4 is 20.1 Å². The number of carboxylic acid groups (broad SMARTS) is 2. The Kier molecular flexibility index (Phi) is 12.2. The number of carboxylic acids is 2. The van der Waals surface area contributed by atoms with E-state index in [1.54, 1.807) is 6.66 Å². The Morgan fingerprint density at radius 2 is 1.13 bits per heavy atom. The van der Waals surface area contributed by atoms with Gasteiger partial charge in [0.15, 0.2) is 0 Å². The molecule has 1 saturated heterocycles. The maximum absolute atomic E-state index is 10.9. The Morgan fingerprint density at radius 3 is 1.39 bits per heavy atom. The second kappa shape index (κ2) is 12.6. The second-order valence-corrected chi connectivity index (χ2v) is 6.86. The third-order valence-electron chi connectivity index (χ3n) is 3.32. The van der Waals surface area contributed by atoms with Gasteiger partial charge in [0.1, 0.15) is 0 Å². The van der Waals surface area contributed by atoms with Crippen LogP contribution < -0.4 is 0 Å². The molecule has 1 unspecified atom stereocenters. The first-order valence-corrected chi connectivity index (χ1v) is 9.80. The molecule has 1 aliphatic rings. The largest absolute Gasteiger partial charge is 0.480 e. The lowest BCUT2D eigenvalue weighted by Gasteiger charge is -2.25. The van der Waals surface area contributed by atoms with Crippen molar-refractivity contribution in [2.45, 2.75) is 13.8 Å². The molecule has 23 heavy (non-hydrogen) atoms. The fraction of sp³-hybridized carbons (Fsp3) is 0.857. The third-order valence-corrected chi connectivity index (χ3v) is 4.13. The summed E-state index contributed by atoms with van der Waals surface area (Å²) in [5.74, 6) is -1.77. The summed E-state index contributed by atoms with van der Waals surface area (Å²) >= 11 is 0. The zero-order chi connectivity index (χ0) is 17.8. The Morgan fingerprint density at radius 1 is 0.826 bits per heavy atom. The van der Waals surface area contributed by atoms with Crippen molar-refractivity contribution in [3.8, 4) is 0 Å². The number of nitrogens with zero attached hydrogens (tertiary/aromatic N) is 3. The molecule has 0 aromatic carbocycles. The van der Waals surface area contributed by atoms with Crippen molar-refractivity contribution in [1.82, 2.24) is 14.7 Å². The van der Waals surface area contributed by atoms with Crippen LogP contribution in [0, 0.1) is 0 Å². The smallest absolute Gasteiger partial charge is 0.317 e. The molecule has 136 valence electrons. The summed E-state index contributed by atoms with van der Waals surface area (Å²) in [5, 5.41) is 17.8. The highest BCUT2D eigenvalue weighted by Gasteiger charge is 2.19. The highest BCUT2D eigenvalue weighted by Crippen LogP contribution is 2.24. The van der Waals surface area contributed by atoms with Gasteiger partial charge in [0.25, 0.3) is 0 Å². The molecule has 0 bridgehead atoms. The molecular weight excluding hydrogens is 321 g/mol. The van der Waals surface area contributed by atoms with Crippen molar-refractivity contribution in [2.24, 2.45) is 0 Å². The number of rotatable bonds is 6. The van der Waals surface area contributed by atoms with Crippen LogP contribution in [0.25, 0.3) is 0 Å². The molecule has 1 rings (SSSR count). The summed E-state index contributed by atoms with van der Waals surface area (Å²) in [6, 6.07) is 0. The van der Waals surface area contributed by atoms with Gasteiger partial charge in [-0.25, -0.2) is 0 Å². The zero-order valence-electron chi connectivity index (χ0n) is 14.3. The number of hydrogen-bond acceptors (Lipinski definition) is 6. The van der Waals surface area contributed by atoms with E-state index < -0.39 is 20.1 Å². The van der Waals surface area contributed by atoms with Gasteiger partial charge in [-0.3, -0.25) is 24.3 Å². The highest BCUT2D eigenvalue weighted by atomic mass is 31.1. The van der Waals surface area contributed by atoms with E-state index in [9.17, 15) is 14.5 Å². The molecule has 1 heterocycles. The van der Waals surface area contributed by atoms with Gasteiger partial charge in [-0.15, -0.1) is 0 Å². The molecule has 3 N–H and O–H groups in total. The molecule has 9 heteroatoms. The minimum Gasteiger partial charge on any atom is -0.480 e. The third kappa shape index (κ3) is 11.4. The van der Waals surface area contributed by atoms with Gasteiger partial charge in [0.2, 0.25) is 0 Å². The van der Waals surface area contributed by atoms with E-state index >= 15 is 0 Å². The van der Waals surface area contributed by atoms with E-state index in [1.165, 1.54) is 0 Å². The Labute approximate surface area is 139 Å². The summed E-state index contributed by atoms with van der Waals surface area (Å²) in [6.07, 6.45) is 0.567. The first-order chi connectivity index (χ1) is 10.9. The van der Waals surface area contributed by atoms with Gasteiger partial charge in [-0.05, 0) is 6.66 Å². The maximum Gasteiger partial charge on any atom is 0.317 e. The van der Waals surface area contributed by atoms with Gasteiger partial charge in [-0.2, -0.15) is 0 Å². The molecule has 0 aromatic rings. The number of hydrogen-bond donors (Lipinski definition) is 3. The molecule has 0 aliphatic carbocycles. The van der Waals surface area contributed by atoms with E-state index in [-0.39, 0.29) is 13.1 Å². The molecule has 0 spiro atoms. The Hall–Kier alpha value is -0.790. The van der Waals surface area contributed by atoms with Gasteiger partial charge >= 0.3 is 11.9 Å². The number of carbonyl (C=O) groups is 2. The van der Waals surface area contributed by atoms with Crippen molar-refractivity contribution in [3.63, 3.8) is 0 Å². The monoisotopic (exact) mass is 351 g/mol. The fourth-order valence-electron chi connectivity index (χ4n) is 2.31. The minimum absolute atomic E-state index is 0.0469. The lowest BCUT2D eigenvalue weighted by atomic mass is 10.4. The van der Waals surface area contributed by atoms with Crippen LogP contribution in [0.15, 0.2) is 0 Å². The van der Waals surface area contributed by atoms with Crippen LogP contribution >= 0.6 is 8.15 Å². The maximum atomic E-state index is 10.9. The van der Waals surface area contributed by atoms with Gasteiger partial charge in [0, 0.05) is 53.7 Å². The molecule has 0 amide bonds. The predicted octanol–water partition coefficient (Wildman–Crippen LogP) is 0.0779. The number of aliphatic carboxylic acids is 2. The summed E-state index contributed by atoms with van der Waals surface area (Å²) in [6.45, 7) is 9.33. The average Bonchev–Trinajstić information content (AvgIpc) is 2.54. The van der Waals surface area contributed by atoms with Crippen LogP contribution in [0.2, 0.25) is 0 Å². The standard InChI is InChI=1S/C12H24N3O5P.C2H6/c1-21(20)10-15-6-4-13(8-11(16)17)2-3-14(5-7-15)9-12(18)19;1-2/h20H,2-10H2,1H3,(H,16,17)(H,18,19);1-2H3. The van der Waals surface area contributed by atoms with Crippen molar-refractivity contribution < 1.29 is 24.7 Å². The van der Waals surface area contributed by atoms with Crippen LogP contribution in [0.3, 0.4) is 0 Å². The van der Waals surface area contributed by atoms with Crippen LogP contribution in [-0.4, -0.2) is 107 Å². The topological polar surface area (TPSA) is 105 Å². The molecule has 0 aromatic heterocycles. The molecule has 0 saturated carbocycles. The normalized spacial score (nSPS) is 19.7. The summed E-state index contributed by atoms with van der Waals surface area (Å²) in [5.41, 5.74) is 0. The van der Waals surface area contributed by atoms with Crippen LogP contribution in [0.4, 0.5) is 0 Å². The van der Waals surface area contributed by atoms with Gasteiger partial charge in [-0.1, -0.05) is 13.8 Å². The average molecular weight is 351 g/mol. The Balaban J connectivity index is 0.00000232. The SMILES string of the molecule is CC.CP(O)CN1CCN(CC(=O)O)CCN(CC(=O)O)CC1. The van der Waals surface area contributed by atoms with Crippen molar-refractivity contribution in [1.29, 1.82) is 0 Å². The van der Waals surface area contributed by atoms with E-state index in [0.29, 0.717) is 45.6 Å². The summed E-state index contributed by atoms with van der Waals surface area (Å²) in [7, 11) is -1.06. The second-order valence-electron chi connectivity index (χ2n) is 5.26. The van der Waals surface area contributed by atoms with Crippen LogP contribution in [-0.2, 0) is 9.59 Å². The molecule has 1 aliphatic heterocycles. The van der Waals surface area contributed by atoms with E-state index in [0.717, 1.165) is 0 Å². The zero-order valence-corrected chi connectivity index (χ0v) is 15.2. The lowest BCUT2D eigenvalue weighted by molar-refractivity contribution is -0.140. The first-order valence-electron chi connectivity index (χ1n) is 7.87.